The van der Waals surface area contributed by atoms with E-state index in [2.05, 4.69) is 0 Å². The average molecular weight is 320 g/mol. The van der Waals surface area contributed by atoms with Crippen molar-refractivity contribution in [2.75, 3.05) is 11.4 Å². The molecule has 1 amide bonds. The first-order valence-electron chi connectivity index (χ1n) is 6.23. The van der Waals surface area contributed by atoms with Crippen LogP contribution in [0.25, 0.3) is 0 Å². The molecule has 0 aliphatic carbocycles. The Bertz CT molecular complexity index is 781. The Morgan fingerprint density at radius 1 is 1.24 bits per heavy atom. The summed E-state index contributed by atoms with van der Waals surface area (Å²) in [5.41, 5.74) is 0.693. The lowest BCUT2D eigenvalue weighted by Gasteiger charge is -2.14. The van der Waals surface area contributed by atoms with Crippen molar-refractivity contribution in [1.82, 2.24) is 0 Å². The van der Waals surface area contributed by atoms with Gasteiger partial charge in [0.15, 0.2) is 5.78 Å². The minimum Gasteiger partial charge on any atom is -0.297 e. The van der Waals surface area contributed by atoms with Gasteiger partial charge in [0.1, 0.15) is 0 Å². The third-order valence-corrected chi connectivity index (χ3v) is 4.53. The summed E-state index contributed by atoms with van der Waals surface area (Å²) >= 11 is 7.21. The Labute approximate surface area is 129 Å². The van der Waals surface area contributed by atoms with Crippen LogP contribution in [0.1, 0.15) is 24.9 Å². The zero-order chi connectivity index (χ0) is 15.1. The van der Waals surface area contributed by atoms with Gasteiger partial charge in [0.05, 0.1) is 22.7 Å². The van der Waals surface area contributed by atoms with Crippen molar-refractivity contribution in [3.05, 3.63) is 50.7 Å². The van der Waals surface area contributed by atoms with Gasteiger partial charge in [-0.2, -0.15) is 0 Å². The quantitative estimate of drug-likeness (QED) is 0.645. The Morgan fingerprint density at radius 2 is 2.00 bits per heavy atom. The summed E-state index contributed by atoms with van der Waals surface area (Å²) in [6.45, 7) is 1.77. The molecule has 106 valence electrons. The predicted octanol–water partition coefficient (Wildman–Crippen LogP) is 3.12. The fourth-order valence-electron chi connectivity index (χ4n) is 2.24. The maximum atomic E-state index is 12.2. The highest BCUT2D eigenvalue weighted by molar-refractivity contribution is 7.14. The molecule has 1 aliphatic rings. The molecule has 2 heterocycles. The Hall–Kier alpha value is -1.98. The molecule has 0 radical (unpaired) electrons. The molecule has 3 rings (SSSR count). The number of ketones is 2. The van der Waals surface area contributed by atoms with Gasteiger partial charge < -0.3 is 0 Å². The molecule has 0 saturated carbocycles. The summed E-state index contributed by atoms with van der Waals surface area (Å²) in [7, 11) is 0. The topological polar surface area (TPSA) is 54.5 Å². The molecule has 0 spiro atoms. The summed E-state index contributed by atoms with van der Waals surface area (Å²) in [4.78, 5) is 39.0. The van der Waals surface area contributed by atoms with Gasteiger partial charge >= 0.3 is 0 Å². The van der Waals surface area contributed by atoms with Crippen molar-refractivity contribution in [3.63, 3.8) is 0 Å². The van der Waals surface area contributed by atoms with Gasteiger partial charge in [0.25, 0.3) is 11.7 Å². The highest BCUT2D eigenvalue weighted by Crippen LogP contribution is 2.31. The SMILES string of the molecule is Cc1ccc(C(=O)CN2C(=O)C(=O)c3cc(Cl)ccc32)s1. The molecule has 0 bridgehead atoms. The highest BCUT2D eigenvalue weighted by atomic mass is 35.5. The number of carbonyl (C=O) groups excluding carboxylic acids is 3. The number of hydrogen-bond acceptors (Lipinski definition) is 4. The van der Waals surface area contributed by atoms with Crippen LogP contribution in [0.15, 0.2) is 30.3 Å². The number of nitrogens with zero attached hydrogens (tertiary/aromatic N) is 1. The summed E-state index contributed by atoms with van der Waals surface area (Å²) in [6.07, 6.45) is 0. The molecular formula is C15H10ClNO3S. The molecule has 0 fully saturated rings. The van der Waals surface area contributed by atoms with Crippen LogP contribution < -0.4 is 4.90 Å². The van der Waals surface area contributed by atoms with E-state index in [1.54, 1.807) is 18.2 Å². The van der Waals surface area contributed by atoms with Crippen molar-refractivity contribution in [2.24, 2.45) is 0 Å². The fourth-order valence-corrected chi connectivity index (χ4v) is 3.21. The summed E-state index contributed by atoms with van der Waals surface area (Å²) in [5, 5.41) is 0.386. The third-order valence-electron chi connectivity index (χ3n) is 3.25. The van der Waals surface area contributed by atoms with Crippen molar-refractivity contribution >= 4 is 46.1 Å². The smallest absolute Gasteiger partial charge is 0.297 e. The van der Waals surface area contributed by atoms with Crippen molar-refractivity contribution in [2.45, 2.75) is 6.92 Å². The molecule has 1 aromatic heterocycles. The van der Waals surface area contributed by atoms with Gasteiger partial charge in [-0.3, -0.25) is 19.3 Å². The number of aryl methyl sites for hydroxylation is 1. The van der Waals surface area contributed by atoms with Gasteiger partial charge in [-0.15, -0.1) is 11.3 Å². The van der Waals surface area contributed by atoms with E-state index in [1.807, 2.05) is 13.0 Å². The molecule has 6 heteroatoms. The number of thiophene rings is 1. The van der Waals surface area contributed by atoms with E-state index in [4.69, 9.17) is 11.6 Å². The number of hydrogen-bond donors (Lipinski definition) is 0. The van der Waals surface area contributed by atoms with Crippen LogP contribution in [0.4, 0.5) is 5.69 Å². The van der Waals surface area contributed by atoms with Crippen molar-refractivity contribution in [3.8, 4) is 0 Å². The maximum absolute atomic E-state index is 12.2. The average Bonchev–Trinajstić information content (AvgIpc) is 2.97. The van der Waals surface area contributed by atoms with E-state index in [0.29, 0.717) is 15.6 Å². The second-order valence-electron chi connectivity index (χ2n) is 4.72. The van der Waals surface area contributed by atoms with E-state index in [0.717, 1.165) is 4.88 Å². The normalized spacial score (nSPS) is 13.7. The molecule has 21 heavy (non-hydrogen) atoms. The Kier molecular flexibility index (Phi) is 3.39. The molecule has 1 aromatic carbocycles. The molecule has 0 unspecified atom stereocenters. The molecule has 0 saturated heterocycles. The van der Waals surface area contributed by atoms with E-state index >= 15 is 0 Å². The molecule has 1 aliphatic heterocycles. The van der Waals surface area contributed by atoms with Crippen LogP contribution in [-0.4, -0.2) is 24.0 Å². The number of halogens is 1. The van der Waals surface area contributed by atoms with Gasteiger partial charge in [-0.25, -0.2) is 0 Å². The second-order valence-corrected chi connectivity index (χ2v) is 6.44. The minimum atomic E-state index is -0.686. The first-order valence-corrected chi connectivity index (χ1v) is 7.42. The summed E-state index contributed by atoms with van der Waals surface area (Å²) < 4.78 is 0. The lowest BCUT2D eigenvalue weighted by molar-refractivity contribution is -0.114. The summed E-state index contributed by atoms with van der Waals surface area (Å²) in [5.74, 6) is -1.49. The lowest BCUT2D eigenvalue weighted by Crippen LogP contribution is -2.34. The van der Waals surface area contributed by atoms with Crippen molar-refractivity contribution in [1.29, 1.82) is 0 Å². The monoisotopic (exact) mass is 319 g/mol. The zero-order valence-corrected chi connectivity index (χ0v) is 12.6. The van der Waals surface area contributed by atoms with Gasteiger partial charge in [0, 0.05) is 9.90 Å². The van der Waals surface area contributed by atoms with Gasteiger partial charge in [-0.05, 0) is 37.3 Å². The molecular weight excluding hydrogens is 310 g/mol. The Morgan fingerprint density at radius 3 is 2.67 bits per heavy atom. The number of amides is 1. The zero-order valence-electron chi connectivity index (χ0n) is 11.1. The van der Waals surface area contributed by atoms with Gasteiger partial charge in [-0.1, -0.05) is 11.6 Å². The van der Waals surface area contributed by atoms with Crippen LogP contribution in [0, 0.1) is 6.92 Å². The molecule has 2 aromatic rings. The second kappa shape index (κ2) is 5.09. The number of Topliss-reactive ketones (excluding diaryl/α,β-unsaturated/α-hetero) is 2. The van der Waals surface area contributed by atoms with Gasteiger partial charge in [0.2, 0.25) is 0 Å². The maximum Gasteiger partial charge on any atom is 0.299 e. The molecule has 4 nitrogen and oxygen atoms in total. The lowest BCUT2D eigenvalue weighted by atomic mass is 10.1. The minimum absolute atomic E-state index is 0.140. The summed E-state index contributed by atoms with van der Waals surface area (Å²) in [6, 6.07) is 8.22. The highest BCUT2D eigenvalue weighted by Gasteiger charge is 2.37. The van der Waals surface area contributed by atoms with E-state index < -0.39 is 11.7 Å². The molecule has 0 atom stereocenters. The van der Waals surface area contributed by atoms with Crippen LogP contribution in [0.3, 0.4) is 0 Å². The number of rotatable bonds is 3. The predicted molar refractivity (Wildman–Crippen MR) is 81.5 cm³/mol. The van der Waals surface area contributed by atoms with Crippen LogP contribution in [-0.2, 0) is 4.79 Å². The van der Waals surface area contributed by atoms with E-state index in [-0.39, 0.29) is 17.9 Å². The molecule has 0 N–H and O–H groups in total. The number of carbonyl (C=O) groups is 3. The fraction of sp³-hybridized carbons (Fsp3) is 0.133. The van der Waals surface area contributed by atoms with Crippen LogP contribution in [0.2, 0.25) is 5.02 Å². The van der Waals surface area contributed by atoms with Crippen LogP contribution in [0.5, 0.6) is 0 Å². The first kappa shape index (κ1) is 14.0. The largest absolute Gasteiger partial charge is 0.299 e. The number of fused-ring (bicyclic) bond motifs is 1. The number of anilines is 1. The third kappa shape index (κ3) is 2.39. The first-order chi connectivity index (χ1) is 9.97. The van der Waals surface area contributed by atoms with Crippen LogP contribution >= 0.6 is 22.9 Å². The standard InChI is InChI=1S/C15H10ClNO3S/c1-8-2-5-13(21-8)12(18)7-17-11-4-3-9(16)6-10(11)14(19)15(17)20/h2-6H,7H2,1H3. The van der Waals surface area contributed by atoms with Crippen molar-refractivity contribution < 1.29 is 14.4 Å². The van der Waals surface area contributed by atoms with E-state index in [1.165, 1.54) is 22.3 Å². The van der Waals surface area contributed by atoms with E-state index in [9.17, 15) is 14.4 Å². The number of benzene rings is 1. The Balaban J connectivity index is 1.92.